The van der Waals surface area contributed by atoms with Gasteiger partial charge in [-0.15, -0.1) is 0 Å². The van der Waals surface area contributed by atoms with Gasteiger partial charge in [-0.2, -0.15) is 0 Å². The molecule has 0 saturated heterocycles. The molecule has 0 heterocycles. The van der Waals surface area contributed by atoms with E-state index in [2.05, 4.69) is 162 Å². The van der Waals surface area contributed by atoms with Gasteiger partial charge in [-0.25, -0.2) is 0 Å². The Kier molecular flexibility index (Phi) is 13.5. The minimum atomic E-state index is -3.71. The van der Waals surface area contributed by atoms with Gasteiger partial charge in [0.2, 0.25) is 0 Å². The first-order chi connectivity index (χ1) is 29.3. The summed E-state index contributed by atoms with van der Waals surface area (Å²) in [6.45, 7) is 7.91. The second kappa shape index (κ2) is 18.9. The quantitative estimate of drug-likeness (QED) is 0.0601. The number of rotatable bonds is 19. The van der Waals surface area contributed by atoms with Gasteiger partial charge in [0.1, 0.15) is 0 Å². The van der Waals surface area contributed by atoms with Crippen LogP contribution in [0, 0.1) is 0 Å². The first kappa shape index (κ1) is 42.7. The monoisotopic (exact) mass is 828 g/mol. The molecule has 0 fully saturated rings. The normalized spacial score (nSPS) is 12.5. The molecule has 0 atom stereocenters. The SMILES string of the molecule is CC[Si](CC)(CC)OC(C)(C)CCP(c1ccccc1)(c1ccccc1)(c1ccccc1)c1ccccc1-c1ccccc1OB(Oc1ccccc1)Oc1ccccc1. The first-order valence-electron chi connectivity index (χ1n) is 21.4. The Morgan fingerprint density at radius 3 is 1.28 bits per heavy atom. The summed E-state index contributed by atoms with van der Waals surface area (Å²) in [5, 5.41) is 5.20. The molecule has 0 amide bonds. The van der Waals surface area contributed by atoms with Crippen molar-refractivity contribution in [1.29, 1.82) is 0 Å². The van der Waals surface area contributed by atoms with E-state index < -0.39 is 22.2 Å². The summed E-state index contributed by atoms with van der Waals surface area (Å²) < 4.78 is 27.2. The van der Waals surface area contributed by atoms with E-state index in [9.17, 15) is 0 Å². The predicted octanol–water partition coefficient (Wildman–Crippen LogP) is 12.2. The summed E-state index contributed by atoms with van der Waals surface area (Å²) in [7, 11) is -3.03. The van der Waals surface area contributed by atoms with E-state index in [0.29, 0.717) is 17.2 Å². The maximum absolute atomic E-state index is 7.44. The van der Waals surface area contributed by atoms with Gasteiger partial charge < -0.3 is 0 Å². The molecule has 0 aromatic heterocycles. The maximum atomic E-state index is 7.44. The van der Waals surface area contributed by atoms with Gasteiger partial charge in [0.05, 0.1) is 0 Å². The van der Waals surface area contributed by atoms with Gasteiger partial charge in [0.15, 0.2) is 0 Å². The van der Waals surface area contributed by atoms with Crippen LogP contribution in [0.3, 0.4) is 0 Å². The van der Waals surface area contributed by atoms with Crippen LogP contribution in [0.4, 0.5) is 0 Å². The van der Waals surface area contributed by atoms with Crippen LogP contribution in [0.15, 0.2) is 200 Å². The molecule has 0 N–H and O–H groups in total. The molecule has 0 aliphatic rings. The van der Waals surface area contributed by atoms with E-state index in [1.807, 2.05) is 72.8 Å². The number of para-hydroxylation sites is 3. The van der Waals surface area contributed by atoms with Crippen LogP contribution in [0.5, 0.6) is 17.2 Å². The van der Waals surface area contributed by atoms with Crippen molar-refractivity contribution in [3.63, 3.8) is 0 Å². The molecule has 0 aliphatic heterocycles. The zero-order valence-electron chi connectivity index (χ0n) is 35.7. The molecule has 0 bridgehead atoms. The summed E-state index contributed by atoms with van der Waals surface area (Å²) in [5.41, 5.74) is 1.68. The van der Waals surface area contributed by atoms with E-state index in [1.165, 1.54) is 21.2 Å². The zero-order chi connectivity index (χ0) is 41.9. The van der Waals surface area contributed by atoms with Gasteiger partial charge in [0.25, 0.3) is 0 Å². The molecule has 7 heteroatoms. The van der Waals surface area contributed by atoms with Crippen molar-refractivity contribution in [1.82, 2.24) is 0 Å². The minimum absolute atomic E-state index is 0.373. The van der Waals surface area contributed by atoms with E-state index in [0.717, 1.165) is 41.8 Å². The van der Waals surface area contributed by atoms with Crippen molar-refractivity contribution in [3.8, 4) is 28.4 Å². The molecule has 4 nitrogen and oxygen atoms in total. The molecule has 60 heavy (non-hydrogen) atoms. The fourth-order valence-electron chi connectivity index (χ4n) is 9.06. The van der Waals surface area contributed by atoms with Gasteiger partial charge in [-0.05, 0) is 0 Å². The zero-order valence-corrected chi connectivity index (χ0v) is 37.6. The third kappa shape index (κ3) is 8.61. The van der Waals surface area contributed by atoms with Crippen molar-refractivity contribution in [2.45, 2.75) is 64.8 Å². The van der Waals surface area contributed by atoms with Crippen molar-refractivity contribution in [2.24, 2.45) is 0 Å². The molecule has 0 saturated carbocycles. The van der Waals surface area contributed by atoms with E-state index >= 15 is 0 Å². The summed E-state index contributed by atoms with van der Waals surface area (Å²) >= 11 is 0. The average Bonchev–Trinajstić information content (AvgIpc) is 3.31. The van der Waals surface area contributed by atoms with Gasteiger partial charge in [-0.3, -0.25) is 0 Å². The van der Waals surface area contributed by atoms with E-state index in [-0.39, 0.29) is 5.60 Å². The van der Waals surface area contributed by atoms with Crippen molar-refractivity contribution in [3.05, 3.63) is 200 Å². The van der Waals surface area contributed by atoms with Crippen molar-refractivity contribution in [2.75, 3.05) is 6.16 Å². The van der Waals surface area contributed by atoms with Crippen LogP contribution in [-0.2, 0) is 4.43 Å². The second-order valence-corrected chi connectivity index (χ2v) is 25.9. The van der Waals surface area contributed by atoms with E-state index in [4.69, 9.17) is 18.4 Å². The summed E-state index contributed by atoms with van der Waals surface area (Å²) in [6.07, 6.45) is 1.71. The van der Waals surface area contributed by atoms with Crippen LogP contribution < -0.4 is 35.2 Å². The fraction of sp³-hybridized carbons (Fsp3) is 0.208. The van der Waals surface area contributed by atoms with Crippen LogP contribution in [0.2, 0.25) is 18.1 Å². The molecule has 7 aromatic rings. The molecular formula is C53H58BO4PSi. The third-order valence-electron chi connectivity index (χ3n) is 12.4. The molecule has 0 unspecified atom stereocenters. The summed E-state index contributed by atoms with van der Waals surface area (Å²) in [6, 6.07) is 73.8. The number of hydrogen-bond acceptors (Lipinski definition) is 4. The Balaban J connectivity index is 1.49. The van der Waals surface area contributed by atoms with Crippen LogP contribution in [-0.4, -0.2) is 27.4 Å². The Bertz CT molecular complexity index is 2250. The van der Waals surface area contributed by atoms with E-state index in [1.54, 1.807) is 0 Å². The molecule has 0 radical (unpaired) electrons. The third-order valence-corrected chi connectivity index (χ3v) is 24.1. The molecule has 0 spiro atoms. The van der Waals surface area contributed by atoms with Crippen LogP contribution in [0.1, 0.15) is 41.0 Å². The van der Waals surface area contributed by atoms with Crippen LogP contribution in [0.25, 0.3) is 11.1 Å². The standard InChI is InChI=1S/C53H58BO4PSi/c1-6-60(7-2,8-3)58-53(4,5)42-43-59(46-32-18-11-19-33-46,47-34-20-12-21-35-47,48-36-22-13-23-37-48)52-41-27-25-39-50(52)49-38-24-26-40-51(49)57-54(55-44-28-14-9-15-29-44)56-45-30-16-10-17-31-45/h9-41H,6-8,42-43H2,1-5H3. The Labute approximate surface area is 359 Å². The Morgan fingerprint density at radius 2 is 0.833 bits per heavy atom. The van der Waals surface area contributed by atoms with Gasteiger partial charge >= 0.3 is 361 Å². The molecule has 0 aliphatic carbocycles. The topological polar surface area (TPSA) is 36.9 Å². The van der Waals surface area contributed by atoms with Crippen LogP contribution >= 0.6 is 6.60 Å². The molecular weight excluding hydrogens is 770 g/mol. The fourth-order valence-corrected chi connectivity index (χ4v) is 19.6. The second-order valence-electron chi connectivity index (χ2n) is 16.2. The summed E-state index contributed by atoms with van der Waals surface area (Å²) in [4.78, 5) is 0. The molecule has 306 valence electrons. The Morgan fingerprint density at radius 1 is 0.450 bits per heavy atom. The van der Waals surface area contributed by atoms with Gasteiger partial charge in [0, 0.05) is 0 Å². The number of benzene rings is 7. The Hall–Kier alpha value is -5.39. The number of hydrogen-bond donors (Lipinski definition) is 0. The molecule has 7 rings (SSSR count). The van der Waals surface area contributed by atoms with Crippen molar-refractivity contribution < 1.29 is 18.4 Å². The molecule has 7 aromatic carbocycles. The van der Waals surface area contributed by atoms with Crippen molar-refractivity contribution >= 4 is 43.5 Å². The first-order valence-corrected chi connectivity index (χ1v) is 26.4. The summed E-state index contributed by atoms with van der Waals surface area (Å²) in [5.74, 6) is 1.94. The average molecular weight is 829 g/mol. The predicted molar refractivity (Wildman–Crippen MR) is 259 cm³/mol. The van der Waals surface area contributed by atoms with Gasteiger partial charge in [-0.1, -0.05) is 0 Å².